The van der Waals surface area contributed by atoms with Crippen LogP contribution in [0.3, 0.4) is 0 Å². The van der Waals surface area contributed by atoms with Gasteiger partial charge in [-0.05, 0) is 68.4 Å². The molecular weight excluding hydrogens is 547 g/mol. The molecule has 1 saturated carbocycles. The number of halogens is 3. The van der Waals surface area contributed by atoms with Crippen LogP contribution in [-0.4, -0.2) is 74.1 Å². The second-order valence-electron chi connectivity index (χ2n) is 11.1. The summed E-state index contributed by atoms with van der Waals surface area (Å²) in [5.41, 5.74) is -1.08. The van der Waals surface area contributed by atoms with Crippen molar-refractivity contribution in [2.75, 3.05) is 19.6 Å². The normalized spacial score (nSPS) is 30.0. The van der Waals surface area contributed by atoms with Crippen molar-refractivity contribution in [3.05, 3.63) is 45.2 Å². The van der Waals surface area contributed by atoms with Crippen molar-refractivity contribution < 1.29 is 48.0 Å². The number of alkyl halides is 3. The van der Waals surface area contributed by atoms with Crippen LogP contribution in [0.5, 0.6) is 5.75 Å². The summed E-state index contributed by atoms with van der Waals surface area (Å²) in [6, 6.07) is -1.04. The number of likely N-dealkylation sites (N-methyl/N-ethyl adjacent to an activating group) is 1. The van der Waals surface area contributed by atoms with Crippen molar-refractivity contribution in [3.63, 3.8) is 0 Å². The molecule has 0 aromatic heterocycles. The molecule has 0 spiro atoms. The molecule has 41 heavy (non-hydrogen) atoms. The SMILES string of the molecule is CCN(CC)[C@@H]1C(=O)C(C(N)=O)=C(O)[C@@]2(O)C(=O)C3=C(O)c4c(O)cc([C@@H]5CCCN5)c(C(F)(F)F)c4C[C@H]3C[C@@H]12. The Labute approximate surface area is 233 Å². The van der Waals surface area contributed by atoms with Crippen LogP contribution in [0.2, 0.25) is 0 Å². The first-order valence-corrected chi connectivity index (χ1v) is 13.6. The Balaban J connectivity index is 1.76. The number of ketones is 2. The molecule has 4 aliphatic rings. The minimum absolute atomic E-state index is 0.165. The van der Waals surface area contributed by atoms with Crippen molar-refractivity contribution in [2.24, 2.45) is 17.6 Å². The lowest BCUT2D eigenvalue weighted by Gasteiger charge is -2.51. The van der Waals surface area contributed by atoms with Crippen molar-refractivity contribution in [2.45, 2.75) is 63.4 Å². The molecule has 1 aromatic carbocycles. The highest BCUT2D eigenvalue weighted by Crippen LogP contribution is 2.55. The van der Waals surface area contributed by atoms with Crippen LogP contribution < -0.4 is 11.1 Å². The number of hydrogen-bond donors (Lipinski definition) is 6. The second-order valence-corrected chi connectivity index (χ2v) is 11.1. The topological polar surface area (TPSA) is 173 Å². The predicted octanol–water partition coefficient (Wildman–Crippen LogP) is 2.19. The van der Waals surface area contributed by atoms with Gasteiger partial charge in [-0.2, -0.15) is 13.2 Å². The van der Waals surface area contributed by atoms with Gasteiger partial charge in [-0.3, -0.25) is 19.3 Å². The average Bonchev–Trinajstić information content (AvgIpc) is 3.42. The lowest BCUT2D eigenvalue weighted by Crippen LogP contribution is -2.66. The first-order chi connectivity index (χ1) is 19.2. The van der Waals surface area contributed by atoms with Gasteiger partial charge >= 0.3 is 6.18 Å². The number of nitrogens with one attached hydrogen (secondary N) is 1. The van der Waals surface area contributed by atoms with Gasteiger partial charge in [0.1, 0.15) is 22.8 Å². The minimum atomic E-state index is -4.86. The van der Waals surface area contributed by atoms with Crippen LogP contribution in [-0.2, 0) is 27.0 Å². The fourth-order valence-electron chi connectivity index (χ4n) is 7.35. The van der Waals surface area contributed by atoms with Crippen LogP contribution in [0.15, 0.2) is 23.0 Å². The molecule has 0 radical (unpaired) electrons. The summed E-state index contributed by atoms with van der Waals surface area (Å²) in [6.07, 6.45) is -4.53. The Hall–Kier alpha value is -3.42. The van der Waals surface area contributed by atoms with Crippen LogP contribution in [0.4, 0.5) is 13.2 Å². The number of amides is 1. The molecule has 222 valence electrons. The quantitative estimate of drug-likeness (QED) is 0.286. The number of hydrogen-bond acceptors (Lipinski definition) is 9. The fourth-order valence-corrected chi connectivity index (χ4v) is 7.35. The molecule has 1 aliphatic heterocycles. The first-order valence-electron chi connectivity index (χ1n) is 13.6. The summed E-state index contributed by atoms with van der Waals surface area (Å²) in [4.78, 5) is 41.2. The number of aliphatic hydroxyl groups is 3. The number of phenolic OH excluding ortho intramolecular Hbond substituents is 1. The number of Topliss-reactive ketones (excluding diaryl/α,β-unsaturated/α-hetero) is 2. The largest absolute Gasteiger partial charge is 0.508 e. The number of carbonyl (C=O) groups excluding carboxylic acids is 3. The number of aliphatic hydroxyl groups excluding tert-OH is 2. The number of rotatable bonds is 5. The fraction of sp³-hybridized carbons (Fsp3) is 0.536. The Morgan fingerprint density at radius 1 is 1.20 bits per heavy atom. The van der Waals surface area contributed by atoms with E-state index in [0.717, 1.165) is 6.07 Å². The minimum Gasteiger partial charge on any atom is -0.508 e. The summed E-state index contributed by atoms with van der Waals surface area (Å²) in [6.45, 7) is 4.39. The Kier molecular flexibility index (Phi) is 6.98. The third-order valence-corrected chi connectivity index (χ3v) is 9.12. The summed E-state index contributed by atoms with van der Waals surface area (Å²) >= 11 is 0. The van der Waals surface area contributed by atoms with Crippen molar-refractivity contribution in [1.82, 2.24) is 10.2 Å². The van der Waals surface area contributed by atoms with Gasteiger partial charge in [0.05, 0.1) is 17.2 Å². The summed E-state index contributed by atoms with van der Waals surface area (Å²) in [7, 11) is 0. The van der Waals surface area contributed by atoms with E-state index in [1.807, 2.05) is 0 Å². The molecule has 1 heterocycles. The average molecular weight is 580 g/mol. The van der Waals surface area contributed by atoms with E-state index >= 15 is 0 Å². The van der Waals surface area contributed by atoms with Crippen molar-refractivity contribution in [3.8, 4) is 5.75 Å². The van der Waals surface area contributed by atoms with Gasteiger partial charge in [0, 0.05) is 17.5 Å². The van der Waals surface area contributed by atoms with E-state index in [-0.39, 0.29) is 30.6 Å². The van der Waals surface area contributed by atoms with Crippen LogP contribution >= 0.6 is 0 Å². The maximum atomic E-state index is 14.6. The van der Waals surface area contributed by atoms with Gasteiger partial charge in [-0.25, -0.2) is 0 Å². The third-order valence-electron chi connectivity index (χ3n) is 9.12. The van der Waals surface area contributed by atoms with Gasteiger partial charge in [-0.1, -0.05) is 13.8 Å². The number of nitrogens with two attached hydrogens (primary N) is 1. The standard InChI is InChI=1S/C28H32F3N3O7/c1-3-34(4-2)21-14-9-11-8-13-18(16(35)10-12(15-6-5-7-33-15)20(13)28(29,30)31)22(36)17(11)24(38)27(14,41)25(39)19(23(21)37)26(32)40/h10-11,14-15,21,33,35-36,39,41H,3-9H2,1-2H3,(H2,32,40)/t11-,14-,15-,21-,27-/m0/s1. The molecule has 1 amide bonds. The lowest BCUT2D eigenvalue weighted by atomic mass is 9.57. The maximum absolute atomic E-state index is 14.6. The molecule has 5 atom stereocenters. The van der Waals surface area contributed by atoms with Crippen molar-refractivity contribution in [1.29, 1.82) is 0 Å². The molecule has 0 bridgehead atoms. The van der Waals surface area contributed by atoms with Gasteiger partial charge < -0.3 is 31.5 Å². The lowest BCUT2D eigenvalue weighted by molar-refractivity contribution is -0.154. The molecule has 7 N–H and O–H groups in total. The third kappa shape index (κ3) is 4.08. The molecular formula is C28H32F3N3O7. The zero-order chi connectivity index (χ0) is 30.2. The zero-order valence-corrected chi connectivity index (χ0v) is 22.5. The summed E-state index contributed by atoms with van der Waals surface area (Å²) in [5, 5.41) is 47.9. The molecule has 0 unspecified atom stereocenters. The molecule has 2 fully saturated rings. The number of fused-ring (bicyclic) bond motifs is 3. The molecule has 1 aromatic rings. The molecule has 10 nitrogen and oxygen atoms in total. The maximum Gasteiger partial charge on any atom is 0.417 e. The number of primary amides is 1. The summed E-state index contributed by atoms with van der Waals surface area (Å²) in [5.74, 6) is -8.86. The van der Waals surface area contributed by atoms with Crippen LogP contribution in [0.25, 0.3) is 5.76 Å². The number of benzene rings is 1. The first kappa shape index (κ1) is 29.1. The molecule has 3 aliphatic carbocycles. The van der Waals surface area contributed by atoms with Gasteiger partial charge in [0.2, 0.25) is 5.78 Å². The Morgan fingerprint density at radius 3 is 2.39 bits per heavy atom. The number of aromatic hydroxyl groups is 1. The molecule has 5 rings (SSSR count). The van der Waals surface area contributed by atoms with Gasteiger partial charge in [0.15, 0.2) is 11.4 Å². The van der Waals surface area contributed by atoms with E-state index in [2.05, 4.69) is 5.32 Å². The van der Waals surface area contributed by atoms with E-state index in [1.165, 1.54) is 0 Å². The highest BCUT2D eigenvalue weighted by atomic mass is 19.4. The Morgan fingerprint density at radius 2 is 1.85 bits per heavy atom. The predicted molar refractivity (Wildman–Crippen MR) is 138 cm³/mol. The second kappa shape index (κ2) is 9.85. The van der Waals surface area contributed by atoms with E-state index in [4.69, 9.17) is 5.73 Å². The number of carbonyl (C=O) groups is 3. The zero-order valence-electron chi connectivity index (χ0n) is 22.5. The van der Waals surface area contributed by atoms with Gasteiger partial charge in [-0.15, -0.1) is 0 Å². The van der Waals surface area contributed by atoms with Gasteiger partial charge in [0.25, 0.3) is 5.91 Å². The Bertz CT molecular complexity index is 1410. The van der Waals surface area contributed by atoms with E-state index in [9.17, 15) is 48.0 Å². The number of phenols is 1. The number of nitrogens with zero attached hydrogens (tertiary/aromatic N) is 1. The highest BCUT2D eigenvalue weighted by Gasteiger charge is 2.64. The van der Waals surface area contributed by atoms with Crippen molar-refractivity contribution >= 4 is 23.2 Å². The van der Waals surface area contributed by atoms with Crippen LogP contribution in [0, 0.1) is 11.8 Å². The summed E-state index contributed by atoms with van der Waals surface area (Å²) < 4.78 is 43.8. The van der Waals surface area contributed by atoms with Crippen LogP contribution in [0.1, 0.15) is 61.4 Å². The molecule has 1 saturated heterocycles. The highest BCUT2D eigenvalue weighted by molar-refractivity contribution is 6.24. The van der Waals surface area contributed by atoms with E-state index < -0.39 is 99.1 Å². The molecule has 13 heteroatoms. The smallest absolute Gasteiger partial charge is 0.417 e. The van der Waals surface area contributed by atoms with E-state index in [1.54, 1.807) is 18.7 Å². The van der Waals surface area contributed by atoms with E-state index in [0.29, 0.717) is 19.4 Å². The monoisotopic (exact) mass is 579 g/mol.